The summed E-state index contributed by atoms with van der Waals surface area (Å²) in [5.41, 5.74) is -3.63. The van der Waals surface area contributed by atoms with Crippen LogP contribution in [0.25, 0.3) is 0 Å². The average Bonchev–Trinajstić information content (AvgIpc) is 2.94. The van der Waals surface area contributed by atoms with Gasteiger partial charge in [-0.3, -0.25) is 0 Å². The van der Waals surface area contributed by atoms with Crippen molar-refractivity contribution in [3.8, 4) is 0 Å². The van der Waals surface area contributed by atoms with Crippen molar-refractivity contribution >= 4 is 12.2 Å². The van der Waals surface area contributed by atoms with Crippen molar-refractivity contribution in [2.45, 2.75) is 161 Å². The van der Waals surface area contributed by atoms with E-state index in [1.807, 2.05) is 0 Å². The Hall–Kier alpha value is -1.40. The molecular weight excluding hydrogens is 496 g/mol. The second-order valence-corrected chi connectivity index (χ2v) is 11.0. The van der Waals surface area contributed by atoms with E-state index >= 15 is 0 Å². The molecule has 0 fully saturated rings. The van der Waals surface area contributed by atoms with Gasteiger partial charge in [-0.15, -0.1) is 0 Å². The van der Waals surface area contributed by atoms with E-state index in [-0.39, 0.29) is 13.0 Å². The minimum Gasteiger partial charge on any atom is -0.395 e. The van der Waals surface area contributed by atoms with Crippen molar-refractivity contribution in [2.75, 3.05) is 19.8 Å². The lowest BCUT2D eigenvalue weighted by Gasteiger charge is -2.45. The third kappa shape index (κ3) is 15.3. The van der Waals surface area contributed by atoms with Gasteiger partial charge < -0.3 is 20.1 Å². The molecule has 0 aromatic carbocycles. The first-order valence-electron chi connectivity index (χ1n) is 15.7. The number of isocyanates is 2. The van der Waals surface area contributed by atoms with E-state index in [4.69, 9.17) is 4.74 Å². The molecule has 0 aliphatic rings. The summed E-state index contributed by atoms with van der Waals surface area (Å²) in [5, 5.41) is 31.2. The summed E-state index contributed by atoms with van der Waals surface area (Å²) in [4.78, 5) is 29.7. The number of nitrogens with zero attached hydrogens (tertiary/aromatic N) is 2. The quantitative estimate of drug-likeness (QED) is 0.0524. The Morgan fingerprint density at radius 2 is 1.05 bits per heavy atom. The minimum absolute atomic E-state index is 0.184. The Balaban J connectivity index is 5.05. The van der Waals surface area contributed by atoms with Crippen LogP contribution in [0.5, 0.6) is 0 Å². The average molecular weight is 555 g/mol. The molecule has 0 amide bonds. The maximum absolute atomic E-state index is 11.5. The Morgan fingerprint density at radius 3 is 1.44 bits per heavy atom. The number of rotatable bonds is 29. The van der Waals surface area contributed by atoms with Gasteiger partial charge >= 0.3 is 0 Å². The van der Waals surface area contributed by atoms with Crippen LogP contribution in [-0.2, 0) is 14.3 Å². The summed E-state index contributed by atoms with van der Waals surface area (Å²) in [6.07, 6.45) is 23.7. The SMILES string of the molecule is CCCCCCCCCCCCOC(CCCCCCCCCCCC)(N=C=O)C(CO)(CO)C(O)N=C=O. The summed E-state index contributed by atoms with van der Waals surface area (Å²) >= 11 is 0. The zero-order valence-electron chi connectivity index (χ0n) is 25.0. The lowest BCUT2D eigenvalue weighted by Crippen LogP contribution is -2.59. The lowest BCUT2D eigenvalue weighted by molar-refractivity contribution is -0.208. The molecule has 0 aliphatic heterocycles. The first-order valence-corrected chi connectivity index (χ1v) is 15.7. The fraction of sp³-hybridized carbons (Fsp3) is 0.935. The van der Waals surface area contributed by atoms with Gasteiger partial charge in [0.1, 0.15) is 5.41 Å². The minimum atomic E-state index is -1.88. The van der Waals surface area contributed by atoms with Crippen molar-refractivity contribution in [2.24, 2.45) is 15.4 Å². The number of unbranched alkanes of at least 4 members (excludes halogenated alkanes) is 18. The van der Waals surface area contributed by atoms with Crippen LogP contribution in [0, 0.1) is 5.41 Å². The molecule has 39 heavy (non-hydrogen) atoms. The van der Waals surface area contributed by atoms with Crippen LogP contribution < -0.4 is 0 Å². The monoisotopic (exact) mass is 554 g/mol. The topological polar surface area (TPSA) is 129 Å². The molecule has 0 heterocycles. The third-order valence-electron chi connectivity index (χ3n) is 7.95. The van der Waals surface area contributed by atoms with Crippen molar-refractivity contribution in [1.82, 2.24) is 0 Å². The van der Waals surface area contributed by atoms with Crippen molar-refractivity contribution in [3.63, 3.8) is 0 Å². The van der Waals surface area contributed by atoms with Crippen LogP contribution in [0.3, 0.4) is 0 Å². The largest absolute Gasteiger partial charge is 0.395 e. The standard InChI is InChI=1S/C31H58N2O6/c1-3-5-7-9-11-13-15-17-19-21-23-31(33-28-37,30(25-34,26-35)29(38)32-27-36)39-24-22-20-18-16-14-12-10-8-6-4-2/h29,34-35,38H,3-26H2,1-2H3. The van der Waals surface area contributed by atoms with Gasteiger partial charge in [-0.1, -0.05) is 129 Å². The van der Waals surface area contributed by atoms with Gasteiger partial charge in [0.2, 0.25) is 12.2 Å². The van der Waals surface area contributed by atoms with Gasteiger partial charge in [0.15, 0.2) is 12.0 Å². The highest BCUT2D eigenvalue weighted by Crippen LogP contribution is 2.43. The Bertz CT molecular complexity index is 659. The van der Waals surface area contributed by atoms with Gasteiger partial charge in [0.05, 0.1) is 13.2 Å². The summed E-state index contributed by atoms with van der Waals surface area (Å²) in [6.45, 7) is 3.10. The molecule has 8 nitrogen and oxygen atoms in total. The summed E-state index contributed by atoms with van der Waals surface area (Å²) in [6, 6.07) is 0. The zero-order valence-corrected chi connectivity index (χ0v) is 25.0. The van der Waals surface area contributed by atoms with E-state index in [2.05, 4.69) is 23.8 Å². The Kier molecular flexibility index (Phi) is 24.6. The molecule has 2 atom stereocenters. The molecule has 0 radical (unpaired) electrons. The second-order valence-electron chi connectivity index (χ2n) is 11.0. The summed E-state index contributed by atoms with van der Waals surface area (Å²) in [7, 11) is 0. The molecule has 0 saturated heterocycles. The third-order valence-corrected chi connectivity index (χ3v) is 7.95. The van der Waals surface area contributed by atoms with Crippen LogP contribution in [0.1, 0.15) is 149 Å². The van der Waals surface area contributed by atoms with Gasteiger partial charge in [0.25, 0.3) is 0 Å². The molecule has 0 rings (SSSR count). The number of aliphatic hydroxyl groups excluding tert-OH is 3. The van der Waals surface area contributed by atoms with E-state index < -0.39 is 30.6 Å². The molecular formula is C31H58N2O6. The van der Waals surface area contributed by atoms with Gasteiger partial charge in [-0.05, 0) is 19.3 Å². The number of aliphatic hydroxyl groups is 3. The number of hydrogen-bond acceptors (Lipinski definition) is 8. The van der Waals surface area contributed by atoms with Gasteiger partial charge in [-0.25, -0.2) is 9.59 Å². The smallest absolute Gasteiger partial charge is 0.237 e. The molecule has 0 bridgehead atoms. The highest BCUT2D eigenvalue weighted by molar-refractivity contribution is 5.36. The molecule has 0 aromatic heterocycles. The number of hydrogen-bond donors (Lipinski definition) is 3. The zero-order chi connectivity index (χ0) is 29.1. The lowest BCUT2D eigenvalue weighted by atomic mass is 9.74. The fourth-order valence-electron chi connectivity index (χ4n) is 5.26. The van der Waals surface area contributed by atoms with Crippen molar-refractivity contribution in [1.29, 1.82) is 0 Å². The van der Waals surface area contributed by atoms with E-state index in [0.29, 0.717) is 12.8 Å². The highest BCUT2D eigenvalue weighted by Gasteiger charge is 2.57. The highest BCUT2D eigenvalue weighted by atomic mass is 16.5. The van der Waals surface area contributed by atoms with Crippen LogP contribution in [0.4, 0.5) is 0 Å². The molecule has 2 unspecified atom stereocenters. The fourth-order valence-corrected chi connectivity index (χ4v) is 5.26. The molecule has 0 spiro atoms. The van der Waals surface area contributed by atoms with E-state index in [0.717, 1.165) is 38.5 Å². The molecule has 0 aromatic rings. The first kappa shape index (κ1) is 37.6. The van der Waals surface area contributed by atoms with Crippen LogP contribution in [0.2, 0.25) is 0 Å². The van der Waals surface area contributed by atoms with E-state index in [9.17, 15) is 24.9 Å². The molecule has 8 heteroatoms. The van der Waals surface area contributed by atoms with E-state index in [1.165, 1.54) is 89.2 Å². The molecule has 0 saturated carbocycles. The van der Waals surface area contributed by atoms with E-state index in [1.54, 1.807) is 0 Å². The molecule has 0 aliphatic carbocycles. The Labute approximate surface area is 237 Å². The van der Waals surface area contributed by atoms with Crippen LogP contribution >= 0.6 is 0 Å². The Morgan fingerprint density at radius 1 is 0.641 bits per heavy atom. The van der Waals surface area contributed by atoms with Gasteiger partial charge in [0, 0.05) is 6.61 Å². The number of ether oxygens (including phenoxy) is 1. The van der Waals surface area contributed by atoms with Crippen molar-refractivity contribution in [3.05, 3.63) is 0 Å². The number of aliphatic imine (C=N–C) groups is 2. The second kappa shape index (κ2) is 25.6. The first-order chi connectivity index (χ1) is 19.0. The van der Waals surface area contributed by atoms with Crippen LogP contribution in [-0.4, -0.2) is 59.3 Å². The normalized spacial score (nSPS) is 13.9. The summed E-state index contributed by atoms with van der Waals surface area (Å²) in [5.74, 6) is 0. The maximum atomic E-state index is 11.5. The number of carbonyl (C=O) groups excluding carboxylic acids is 2. The molecule has 228 valence electrons. The van der Waals surface area contributed by atoms with Gasteiger partial charge in [-0.2, -0.15) is 9.98 Å². The van der Waals surface area contributed by atoms with Crippen molar-refractivity contribution < 1.29 is 29.6 Å². The maximum Gasteiger partial charge on any atom is 0.237 e. The summed E-state index contributed by atoms with van der Waals surface area (Å²) < 4.78 is 6.14. The molecule has 3 N–H and O–H groups in total. The predicted octanol–water partition coefficient (Wildman–Crippen LogP) is 6.89. The van der Waals surface area contributed by atoms with Crippen LogP contribution in [0.15, 0.2) is 9.98 Å². The predicted molar refractivity (Wildman–Crippen MR) is 156 cm³/mol.